The lowest BCUT2D eigenvalue weighted by atomic mass is 10.1. The van der Waals surface area contributed by atoms with Crippen molar-refractivity contribution in [3.8, 4) is 0 Å². The van der Waals surface area contributed by atoms with Crippen LogP contribution < -0.4 is 0 Å². The van der Waals surface area contributed by atoms with Crippen LogP contribution in [0.2, 0.25) is 0 Å². The van der Waals surface area contributed by atoms with E-state index in [9.17, 15) is 4.79 Å². The van der Waals surface area contributed by atoms with Gasteiger partial charge in [-0.05, 0) is 12.5 Å². The van der Waals surface area contributed by atoms with E-state index in [1.807, 2.05) is 31.2 Å². The summed E-state index contributed by atoms with van der Waals surface area (Å²) in [5, 5.41) is 17.3. The number of aliphatic hydroxyl groups excluding tert-OH is 1. The fourth-order valence-electron chi connectivity index (χ4n) is 1.16. The van der Waals surface area contributed by atoms with Gasteiger partial charge in [0.05, 0.1) is 13.2 Å². The Kier molecular flexibility index (Phi) is 4.27. The summed E-state index contributed by atoms with van der Waals surface area (Å²) in [5.41, 5.74) is 2.09. The highest BCUT2D eigenvalue weighted by Gasteiger charge is 2.12. The maximum atomic E-state index is 10.3. The Morgan fingerprint density at radius 2 is 2.27 bits per heavy atom. The molecule has 0 spiro atoms. The van der Waals surface area contributed by atoms with Crippen LogP contribution in [0.5, 0.6) is 0 Å². The van der Waals surface area contributed by atoms with Gasteiger partial charge in [-0.2, -0.15) is 0 Å². The quantitative estimate of drug-likeness (QED) is 0.759. The summed E-state index contributed by atoms with van der Waals surface area (Å²) in [6.45, 7) is 2.09. The number of carbonyl (C=O) groups is 1. The zero-order valence-electron chi connectivity index (χ0n) is 8.51. The highest BCUT2D eigenvalue weighted by Crippen LogP contribution is 2.05. The van der Waals surface area contributed by atoms with E-state index in [0.29, 0.717) is 6.61 Å². The van der Waals surface area contributed by atoms with Crippen LogP contribution in [-0.4, -0.2) is 28.9 Å². The van der Waals surface area contributed by atoms with Gasteiger partial charge in [0.2, 0.25) is 0 Å². The number of aryl methyl sites for hydroxylation is 1. The minimum atomic E-state index is -1.45. The van der Waals surface area contributed by atoms with Crippen LogP contribution in [0.4, 0.5) is 0 Å². The second-order valence-corrected chi connectivity index (χ2v) is 3.36. The van der Waals surface area contributed by atoms with Gasteiger partial charge in [-0.1, -0.05) is 29.8 Å². The molecule has 1 rings (SSSR count). The van der Waals surface area contributed by atoms with Gasteiger partial charge in [0.25, 0.3) is 0 Å². The topological polar surface area (TPSA) is 66.8 Å². The van der Waals surface area contributed by atoms with Gasteiger partial charge in [0.1, 0.15) is 0 Å². The first kappa shape index (κ1) is 11.7. The van der Waals surface area contributed by atoms with Gasteiger partial charge in [-0.3, -0.25) is 0 Å². The molecule has 0 aliphatic heterocycles. The third kappa shape index (κ3) is 4.10. The second kappa shape index (κ2) is 5.48. The lowest BCUT2D eigenvalue weighted by molar-refractivity contribution is -0.150. The molecule has 0 saturated heterocycles. The molecule has 1 aromatic carbocycles. The Morgan fingerprint density at radius 3 is 2.87 bits per heavy atom. The largest absolute Gasteiger partial charge is 0.479 e. The van der Waals surface area contributed by atoms with Crippen molar-refractivity contribution in [3.05, 3.63) is 35.4 Å². The van der Waals surface area contributed by atoms with Gasteiger partial charge in [0, 0.05) is 0 Å². The molecule has 15 heavy (non-hydrogen) atoms. The highest BCUT2D eigenvalue weighted by molar-refractivity contribution is 5.71. The molecule has 0 fully saturated rings. The Balaban J connectivity index is 2.35. The maximum absolute atomic E-state index is 10.3. The molecule has 82 valence electrons. The summed E-state index contributed by atoms with van der Waals surface area (Å²) in [4.78, 5) is 10.3. The lowest BCUT2D eigenvalue weighted by Gasteiger charge is -2.07. The van der Waals surface area contributed by atoms with Crippen LogP contribution in [0.3, 0.4) is 0 Å². The standard InChI is InChI=1S/C11H14O4/c1-8-3-2-4-9(5-8)6-15-7-10(12)11(13)14/h2-5,10,12H,6-7H2,1H3,(H,13,14)/t10-/m0/s1. The SMILES string of the molecule is Cc1cccc(COC[C@H](O)C(=O)O)c1. The Bertz CT molecular complexity index is 335. The average Bonchev–Trinajstić information content (AvgIpc) is 2.17. The van der Waals surface area contributed by atoms with Crippen LogP contribution in [0.1, 0.15) is 11.1 Å². The first-order valence-corrected chi connectivity index (χ1v) is 4.64. The van der Waals surface area contributed by atoms with Gasteiger partial charge in [0.15, 0.2) is 6.10 Å². The first-order chi connectivity index (χ1) is 7.09. The van der Waals surface area contributed by atoms with Crippen molar-refractivity contribution in [3.63, 3.8) is 0 Å². The van der Waals surface area contributed by atoms with Crippen LogP contribution in [0, 0.1) is 6.92 Å². The normalized spacial score (nSPS) is 12.4. The third-order valence-corrected chi connectivity index (χ3v) is 1.91. The number of benzene rings is 1. The molecule has 4 heteroatoms. The number of hydrogen-bond donors (Lipinski definition) is 2. The zero-order chi connectivity index (χ0) is 11.3. The molecule has 0 aliphatic carbocycles. The molecule has 1 aromatic rings. The molecule has 0 unspecified atom stereocenters. The fourth-order valence-corrected chi connectivity index (χ4v) is 1.16. The van der Waals surface area contributed by atoms with Crippen molar-refractivity contribution >= 4 is 5.97 Å². The summed E-state index contributed by atoms with van der Waals surface area (Å²) >= 11 is 0. The first-order valence-electron chi connectivity index (χ1n) is 4.64. The number of carboxylic acids is 1. The number of aliphatic carboxylic acids is 1. The van der Waals surface area contributed by atoms with Gasteiger partial charge in [-0.15, -0.1) is 0 Å². The average molecular weight is 210 g/mol. The predicted molar refractivity (Wildman–Crippen MR) is 54.5 cm³/mol. The molecular weight excluding hydrogens is 196 g/mol. The van der Waals surface area contributed by atoms with Crippen molar-refractivity contribution in [2.75, 3.05) is 6.61 Å². The molecule has 4 nitrogen and oxygen atoms in total. The third-order valence-electron chi connectivity index (χ3n) is 1.91. The van der Waals surface area contributed by atoms with Crippen LogP contribution in [-0.2, 0) is 16.1 Å². The second-order valence-electron chi connectivity index (χ2n) is 3.36. The van der Waals surface area contributed by atoms with E-state index < -0.39 is 12.1 Å². The van der Waals surface area contributed by atoms with E-state index >= 15 is 0 Å². The number of hydrogen-bond acceptors (Lipinski definition) is 3. The number of ether oxygens (including phenoxy) is 1. The van der Waals surface area contributed by atoms with E-state index in [1.165, 1.54) is 0 Å². The molecule has 0 bridgehead atoms. The summed E-state index contributed by atoms with van der Waals surface area (Å²) in [5.74, 6) is -1.26. The van der Waals surface area contributed by atoms with E-state index in [0.717, 1.165) is 11.1 Å². The minimum Gasteiger partial charge on any atom is -0.479 e. The monoisotopic (exact) mass is 210 g/mol. The van der Waals surface area contributed by atoms with Crippen LogP contribution in [0.15, 0.2) is 24.3 Å². The lowest BCUT2D eigenvalue weighted by Crippen LogP contribution is -2.25. The number of rotatable bonds is 5. The predicted octanol–water partition coefficient (Wildman–Crippen LogP) is 0.957. The van der Waals surface area contributed by atoms with Crippen molar-refractivity contribution < 1.29 is 19.7 Å². The molecule has 2 N–H and O–H groups in total. The van der Waals surface area contributed by atoms with Crippen LogP contribution >= 0.6 is 0 Å². The van der Waals surface area contributed by atoms with E-state index in [1.54, 1.807) is 0 Å². The van der Waals surface area contributed by atoms with E-state index in [4.69, 9.17) is 14.9 Å². The summed E-state index contributed by atoms with van der Waals surface area (Å²) in [6.07, 6.45) is -1.45. The molecule has 0 amide bonds. The number of carboxylic acid groups (broad SMARTS) is 1. The zero-order valence-corrected chi connectivity index (χ0v) is 8.51. The Morgan fingerprint density at radius 1 is 1.53 bits per heavy atom. The molecule has 0 saturated carbocycles. The van der Waals surface area contributed by atoms with Crippen molar-refractivity contribution in [1.82, 2.24) is 0 Å². The van der Waals surface area contributed by atoms with E-state index in [-0.39, 0.29) is 6.61 Å². The molecule has 0 aliphatic rings. The van der Waals surface area contributed by atoms with Gasteiger partial charge < -0.3 is 14.9 Å². The minimum absolute atomic E-state index is 0.191. The maximum Gasteiger partial charge on any atom is 0.334 e. The van der Waals surface area contributed by atoms with E-state index in [2.05, 4.69) is 0 Å². The molecular formula is C11H14O4. The van der Waals surface area contributed by atoms with Gasteiger partial charge in [-0.25, -0.2) is 4.79 Å². The Labute approximate surface area is 88.1 Å². The van der Waals surface area contributed by atoms with Crippen molar-refractivity contribution in [2.24, 2.45) is 0 Å². The molecule has 0 aromatic heterocycles. The smallest absolute Gasteiger partial charge is 0.334 e. The van der Waals surface area contributed by atoms with Crippen molar-refractivity contribution in [1.29, 1.82) is 0 Å². The molecule has 0 heterocycles. The summed E-state index contributed by atoms with van der Waals surface area (Å²) in [6, 6.07) is 7.71. The summed E-state index contributed by atoms with van der Waals surface area (Å²) < 4.78 is 5.07. The number of aliphatic hydroxyl groups is 1. The van der Waals surface area contributed by atoms with Crippen LogP contribution in [0.25, 0.3) is 0 Å². The fraction of sp³-hybridized carbons (Fsp3) is 0.364. The Hall–Kier alpha value is -1.39. The molecule has 0 radical (unpaired) electrons. The molecule has 1 atom stereocenters. The summed E-state index contributed by atoms with van der Waals surface area (Å²) in [7, 11) is 0. The highest BCUT2D eigenvalue weighted by atomic mass is 16.5. The van der Waals surface area contributed by atoms with Gasteiger partial charge >= 0.3 is 5.97 Å². The van der Waals surface area contributed by atoms with Crippen molar-refractivity contribution in [2.45, 2.75) is 19.6 Å².